The number of thioether (sulfide) groups is 1. The van der Waals surface area contributed by atoms with Gasteiger partial charge in [-0.05, 0) is 31.4 Å². The summed E-state index contributed by atoms with van der Waals surface area (Å²) in [5.41, 5.74) is 0. The molecule has 0 aliphatic rings. The van der Waals surface area contributed by atoms with Gasteiger partial charge in [0.1, 0.15) is 18.5 Å². The molecule has 0 radical (unpaired) electrons. The number of hydrogen-bond acceptors (Lipinski definition) is 4. The number of para-hydroxylation sites is 1. The van der Waals surface area contributed by atoms with Crippen molar-refractivity contribution in [2.75, 3.05) is 26.0 Å². The summed E-state index contributed by atoms with van der Waals surface area (Å²) in [6.07, 6.45) is 9.35. The van der Waals surface area contributed by atoms with Crippen LogP contribution in [-0.2, 0) is 0 Å². The van der Waals surface area contributed by atoms with E-state index >= 15 is 0 Å². The van der Waals surface area contributed by atoms with Gasteiger partial charge in [0.2, 0.25) is 0 Å². The van der Waals surface area contributed by atoms with E-state index in [1.807, 2.05) is 30.5 Å². The molecule has 0 aromatic heterocycles. The summed E-state index contributed by atoms with van der Waals surface area (Å²) in [5.74, 6) is 0.852. The van der Waals surface area contributed by atoms with Crippen LogP contribution in [0, 0.1) is 0 Å². The first-order chi connectivity index (χ1) is 10.8. The molecule has 0 spiro atoms. The molecule has 0 saturated heterocycles. The first-order valence-corrected chi connectivity index (χ1v) is 9.65. The van der Waals surface area contributed by atoms with Crippen LogP contribution in [0.5, 0.6) is 5.75 Å². The highest BCUT2D eigenvalue weighted by molar-refractivity contribution is 7.98. The van der Waals surface area contributed by atoms with Crippen molar-refractivity contribution in [3.8, 4) is 5.75 Å². The Morgan fingerprint density at radius 3 is 2.64 bits per heavy atom. The van der Waals surface area contributed by atoms with Crippen molar-refractivity contribution in [2.45, 2.75) is 56.4 Å². The van der Waals surface area contributed by atoms with Crippen molar-refractivity contribution in [1.29, 1.82) is 0 Å². The summed E-state index contributed by atoms with van der Waals surface area (Å²) >= 11 is 1.66. The first kappa shape index (κ1) is 19.3. The topological polar surface area (TPSA) is 41.5 Å². The maximum Gasteiger partial charge on any atom is 0.132 e. The molecule has 0 amide bonds. The van der Waals surface area contributed by atoms with Gasteiger partial charge in [-0.15, -0.1) is 11.8 Å². The summed E-state index contributed by atoms with van der Waals surface area (Å²) in [6.45, 7) is 4.14. The largest absolute Gasteiger partial charge is 0.490 e. The Morgan fingerprint density at radius 1 is 1.14 bits per heavy atom. The van der Waals surface area contributed by atoms with E-state index in [2.05, 4.69) is 12.2 Å². The molecule has 1 aromatic carbocycles. The summed E-state index contributed by atoms with van der Waals surface area (Å²) in [4.78, 5) is 1.11. The fourth-order valence-electron chi connectivity index (χ4n) is 2.28. The third-order valence-corrected chi connectivity index (χ3v) is 4.36. The molecule has 0 fully saturated rings. The Hall–Kier alpha value is -0.710. The smallest absolute Gasteiger partial charge is 0.132 e. The molecule has 0 aliphatic heterocycles. The molecule has 4 heteroatoms. The maximum absolute atomic E-state index is 9.95. The van der Waals surface area contributed by atoms with Crippen molar-refractivity contribution in [2.24, 2.45) is 0 Å². The number of hydrogen-bond donors (Lipinski definition) is 2. The Morgan fingerprint density at radius 2 is 1.86 bits per heavy atom. The number of rotatable bonds is 13. The lowest BCUT2D eigenvalue weighted by Crippen LogP contribution is -2.32. The van der Waals surface area contributed by atoms with E-state index in [1.54, 1.807) is 11.8 Å². The van der Waals surface area contributed by atoms with E-state index in [-0.39, 0.29) is 0 Å². The predicted octanol–water partition coefficient (Wildman–Crippen LogP) is 4.10. The number of ether oxygens (including phenoxy) is 1. The molecule has 0 saturated carbocycles. The molecule has 2 N–H and O–H groups in total. The van der Waals surface area contributed by atoms with E-state index in [4.69, 9.17) is 4.74 Å². The number of benzene rings is 1. The summed E-state index contributed by atoms with van der Waals surface area (Å²) < 4.78 is 5.70. The second-order valence-electron chi connectivity index (χ2n) is 5.59. The Labute approximate surface area is 139 Å². The van der Waals surface area contributed by atoms with Gasteiger partial charge in [0.25, 0.3) is 0 Å². The van der Waals surface area contributed by atoms with Gasteiger partial charge in [0.05, 0.1) is 0 Å². The molecular formula is C18H31NO2S. The predicted molar refractivity (Wildman–Crippen MR) is 96.0 cm³/mol. The standard InChI is InChI=1S/C18H31NO2S/c1-3-4-5-6-7-10-13-19-14-16(20)15-21-17-11-8-9-12-18(17)22-2/h8-9,11-12,16,19-20H,3-7,10,13-15H2,1-2H3. The second-order valence-corrected chi connectivity index (χ2v) is 6.44. The summed E-state index contributed by atoms with van der Waals surface area (Å²) in [7, 11) is 0. The molecule has 1 rings (SSSR count). The SMILES string of the molecule is CCCCCCCCNCC(O)COc1ccccc1SC. The molecule has 1 aromatic rings. The zero-order chi connectivity index (χ0) is 16.0. The molecule has 1 unspecified atom stereocenters. The van der Waals surface area contributed by atoms with E-state index in [0.29, 0.717) is 13.2 Å². The fourth-order valence-corrected chi connectivity index (χ4v) is 2.82. The molecule has 0 bridgehead atoms. The van der Waals surface area contributed by atoms with Gasteiger partial charge in [-0.2, -0.15) is 0 Å². The van der Waals surface area contributed by atoms with Crippen molar-refractivity contribution in [3.05, 3.63) is 24.3 Å². The average Bonchev–Trinajstić information content (AvgIpc) is 2.55. The second kappa shape index (κ2) is 12.8. The number of unbranched alkanes of at least 4 members (excludes halogenated alkanes) is 5. The normalized spacial score (nSPS) is 12.3. The van der Waals surface area contributed by atoms with Crippen molar-refractivity contribution in [3.63, 3.8) is 0 Å². The third-order valence-electron chi connectivity index (χ3n) is 3.59. The average molecular weight is 326 g/mol. The lowest BCUT2D eigenvalue weighted by atomic mass is 10.1. The first-order valence-electron chi connectivity index (χ1n) is 8.42. The highest BCUT2D eigenvalue weighted by Gasteiger charge is 2.07. The highest BCUT2D eigenvalue weighted by atomic mass is 32.2. The quantitative estimate of drug-likeness (QED) is 0.423. The molecule has 22 heavy (non-hydrogen) atoms. The minimum Gasteiger partial charge on any atom is -0.490 e. The van der Waals surface area contributed by atoms with Crippen LogP contribution >= 0.6 is 11.8 Å². The van der Waals surface area contributed by atoms with Crippen LogP contribution in [0.15, 0.2) is 29.2 Å². The highest BCUT2D eigenvalue weighted by Crippen LogP contribution is 2.26. The molecule has 0 aliphatic carbocycles. The Bertz CT molecular complexity index is 387. The van der Waals surface area contributed by atoms with Gasteiger partial charge in [-0.25, -0.2) is 0 Å². The van der Waals surface area contributed by atoms with Crippen LogP contribution in [-0.4, -0.2) is 37.2 Å². The van der Waals surface area contributed by atoms with Gasteiger partial charge in [-0.3, -0.25) is 0 Å². The maximum atomic E-state index is 9.95. The van der Waals surface area contributed by atoms with Crippen molar-refractivity contribution >= 4 is 11.8 Å². The molecular weight excluding hydrogens is 294 g/mol. The zero-order valence-electron chi connectivity index (χ0n) is 14.0. The van der Waals surface area contributed by atoms with Crippen LogP contribution in [0.4, 0.5) is 0 Å². The summed E-state index contributed by atoms with van der Waals surface area (Å²) in [5, 5.41) is 13.3. The van der Waals surface area contributed by atoms with Crippen molar-refractivity contribution in [1.82, 2.24) is 5.32 Å². The zero-order valence-corrected chi connectivity index (χ0v) is 14.8. The lowest BCUT2D eigenvalue weighted by molar-refractivity contribution is 0.105. The van der Waals surface area contributed by atoms with Crippen LogP contribution < -0.4 is 10.1 Å². The minimum absolute atomic E-state index is 0.334. The van der Waals surface area contributed by atoms with Gasteiger partial charge >= 0.3 is 0 Å². The van der Waals surface area contributed by atoms with E-state index in [1.165, 1.54) is 38.5 Å². The summed E-state index contributed by atoms with van der Waals surface area (Å²) in [6, 6.07) is 7.93. The number of aliphatic hydroxyl groups is 1. The van der Waals surface area contributed by atoms with E-state index in [0.717, 1.165) is 17.2 Å². The van der Waals surface area contributed by atoms with Gasteiger partial charge in [0.15, 0.2) is 0 Å². The lowest BCUT2D eigenvalue weighted by Gasteiger charge is -2.15. The van der Waals surface area contributed by atoms with Crippen LogP contribution in [0.2, 0.25) is 0 Å². The van der Waals surface area contributed by atoms with Crippen LogP contribution in [0.3, 0.4) is 0 Å². The van der Waals surface area contributed by atoms with Crippen molar-refractivity contribution < 1.29 is 9.84 Å². The monoisotopic (exact) mass is 325 g/mol. The molecule has 1 atom stereocenters. The van der Waals surface area contributed by atoms with E-state index in [9.17, 15) is 5.11 Å². The minimum atomic E-state index is -0.463. The van der Waals surface area contributed by atoms with Crippen LogP contribution in [0.25, 0.3) is 0 Å². The number of aliphatic hydroxyl groups excluding tert-OH is 1. The molecule has 3 nitrogen and oxygen atoms in total. The molecule has 126 valence electrons. The van der Waals surface area contributed by atoms with E-state index < -0.39 is 6.10 Å². The fraction of sp³-hybridized carbons (Fsp3) is 0.667. The Balaban J connectivity index is 2.05. The van der Waals surface area contributed by atoms with Gasteiger partial charge in [-0.1, -0.05) is 51.2 Å². The van der Waals surface area contributed by atoms with Gasteiger partial charge in [0, 0.05) is 11.4 Å². The van der Waals surface area contributed by atoms with Crippen LogP contribution in [0.1, 0.15) is 45.4 Å². The molecule has 0 heterocycles. The van der Waals surface area contributed by atoms with Gasteiger partial charge < -0.3 is 15.2 Å². The number of nitrogens with one attached hydrogen (secondary N) is 1. The third kappa shape index (κ3) is 8.66. The Kier molecular flexibility index (Phi) is 11.2.